The van der Waals surface area contributed by atoms with Gasteiger partial charge in [-0.05, 0) is 38.2 Å². The number of likely N-dealkylation sites (tertiary alicyclic amines) is 1. The fraction of sp³-hybridized carbons (Fsp3) is 0.591. The van der Waals surface area contributed by atoms with Crippen LogP contribution in [0.4, 0.5) is 0 Å². The average Bonchev–Trinajstić information content (AvgIpc) is 3.34. The van der Waals surface area contributed by atoms with Crippen molar-refractivity contribution in [1.29, 1.82) is 0 Å². The van der Waals surface area contributed by atoms with E-state index in [1.54, 1.807) is 43.3 Å². The molecule has 1 aromatic rings. The average molecular weight is 418 g/mol. The van der Waals surface area contributed by atoms with Crippen molar-refractivity contribution >= 4 is 17.7 Å². The zero-order valence-corrected chi connectivity index (χ0v) is 18.2. The zero-order chi connectivity index (χ0) is 21.9. The Balaban J connectivity index is 1.94. The van der Waals surface area contributed by atoms with Crippen LogP contribution in [0.1, 0.15) is 24.8 Å². The number of benzene rings is 1. The van der Waals surface area contributed by atoms with Gasteiger partial charge in [-0.2, -0.15) is 0 Å². The Hall–Kier alpha value is -2.45. The highest BCUT2D eigenvalue weighted by molar-refractivity contribution is 6.10. The van der Waals surface area contributed by atoms with Crippen LogP contribution in [0.2, 0.25) is 0 Å². The molecule has 0 aliphatic carbocycles. The van der Waals surface area contributed by atoms with Crippen LogP contribution in [-0.2, 0) is 24.5 Å². The summed E-state index contributed by atoms with van der Waals surface area (Å²) >= 11 is 0. The number of likely N-dealkylation sites (N-methyl/N-ethyl adjacent to an activating group) is 2. The molecule has 2 atom stereocenters. The van der Waals surface area contributed by atoms with Gasteiger partial charge in [0.1, 0.15) is 5.75 Å². The number of imide groups is 1. The first-order valence-corrected chi connectivity index (χ1v) is 10.3. The molecular formula is C22H31N3O5. The quantitative estimate of drug-likeness (QED) is 0.585. The van der Waals surface area contributed by atoms with Crippen LogP contribution >= 0.6 is 0 Å². The third-order valence-corrected chi connectivity index (χ3v) is 6.10. The van der Waals surface area contributed by atoms with Crippen molar-refractivity contribution < 1.29 is 23.9 Å². The second-order valence-corrected chi connectivity index (χ2v) is 8.34. The molecule has 30 heavy (non-hydrogen) atoms. The van der Waals surface area contributed by atoms with E-state index in [9.17, 15) is 14.4 Å². The lowest BCUT2D eigenvalue weighted by Gasteiger charge is -2.31. The van der Waals surface area contributed by atoms with Gasteiger partial charge in [0.25, 0.3) is 0 Å². The number of nitrogens with zero attached hydrogens (tertiary/aromatic N) is 3. The van der Waals surface area contributed by atoms with Crippen molar-refractivity contribution in [1.82, 2.24) is 14.7 Å². The lowest BCUT2D eigenvalue weighted by Crippen LogP contribution is -2.46. The van der Waals surface area contributed by atoms with Crippen LogP contribution in [0.3, 0.4) is 0 Å². The smallest absolute Gasteiger partial charge is 0.240 e. The molecule has 0 aromatic heterocycles. The molecule has 0 saturated carbocycles. The van der Waals surface area contributed by atoms with Gasteiger partial charge in [-0.25, -0.2) is 0 Å². The van der Waals surface area contributed by atoms with E-state index >= 15 is 0 Å². The van der Waals surface area contributed by atoms with Crippen molar-refractivity contribution in [3.63, 3.8) is 0 Å². The Labute approximate surface area is 177 Å². The van der Waals surface area contributed by atoms with Gasteiger partial charge in [0.05, 0.1) is 25.2 Å². The molecule has 8 heteroatoms. The predicted octanol–water partition coefficient (Wildman–Crippen LogP) is 0.891. The van der Waals surface area contributed by atoms with E-state index in [0.29, 0.717) is 37.6 Å². The summed E-state index contributed by atoms with van der Waals surface area (Å²) < 4.78 is 10.7. The molecule has 0 spiro atoms. The molecule has 0 radical (unpaired) electrons. The Bertz CT molecular complexity index is 806. The summed E-state index contributed by atoms with van der Waals surface area (Å²) in [5.41, 5.74) is -0.583. The van der Waals surface area contributed by atoms with Crippen LogP contribution in [0.25, 0.3) is 0 Å². The minimum Gasteiger partial charge on any atom is -0.497 e. The fourth-order valence-electron chi connectivity index (χ4n) is 4.13. The minimum absolute atomic E-state index is 0.00286. The largest absolute Gasteiger partial charge is 0.497 e. The Morgan fingerprint density at radius 3 is 2.70 bits per heavy atom. The highest BCUT2D eigenvalue weighted by Gasteiger charge is 2.54. The van der Waals surface area contributed by atoms with Gasteiger partial charge in [-0.3, -0.25) is 19.3 Å². The highest BCUT2D eigenvalue weighted by Crippen LogP contribution is 2.41. The van der Waals surface area contributed by atoms with Gasteiger partial charge < -0.3 is 19.3 Å². The van der Waals surface area contributed by atoms with Gasteiger partial charge in [0, 0.05) is 39.6 Å². The third-order valence-electron chi connectivity index (χ3n) is 6.10. The number of hydrogen-bond acceptors (Lipinski definition) is 6. The van der Waals surface area contributed by atoms with E-state index in [4.69, 9.17) is 9.47 Å². The van der Waals surface area contributed by atoms with Crippen LogP contribution in [0.15, 0.2) is 24.3 Å². The molecular weight excluding hydrogens is 386 g/mol. The maximum absolute atomic E-state index is 13.6. The van der Waals surface area contributed by atoms with E-state index in [2.05, 4.69) is 0 Å². The van der Waals surface area contributed by atoms with E-state index in [0.717, 1.165) is 6.42 Å². The Morgan fingerprint density at radius 2 is 2.07 bits per heavy atom. The van der Waals surface area contributed by atoms with Crippen molar-refractivity contribution in [3.8, 4) is 5.75 Å². The molecule has 0 bridgehead atoms. The molecule has 8 nitrogen and oxygen atoms in total. The van der Waals surface area contributed by atoms with Crippen LogP contribution in [0, 0.1) is 0 Å². The predicted molar refractivity (Wildman–Crippen MR) is 111 cm³/mol. The van der Waals surface area contributed by atoms with E-state index in [1.165, 1.54) is 4.90 Å². The summed E-state index contributed by atoms with van der Waals surface area (Å²) in [6.07, 6.45) is 0.694. The Morgan fingerprint density at radius 1 is 1.30 bits per heavy atom. The fourth-order valence-corrected chi connectivity index (χ4v) is 4.13. The van der Waals surface area contributed by atoms with E-state index in [1.807, 2.05) is 19.0 Å². The summed E-state index contributed by atoms with van der Waals surface area (Å²) in [6, 6.07) is 7.13. The van der Waals surface area contributed by atoms with Crippen molar-refractivity contribution in [2.24, 2.45) is 0 Å². The highest BCUT2D eigenvalue weighted by atomic mass is 16.5. The SMILES string of the molecule is COc1cccc(C2(CC(=O)N(C)C3CCOC3)CC(=O)N(CCN(C)C)C2=O)c1. The number of ether oxygens (including phenoxy) is 2. The van der Waals surface area contributed by atoms with Gasteiger partial charge in [0.2, 0.25) is 17.7 Å². The maximum atomic E-state index is 13.6. The summed E-state index contributed by atoms with van der Waals surface area (Å²) in [4.78, 5) is 44.5. The summed E-state index contributed by atoms with van der Waals surface area (Å²) in [7, 11) is 7.08. The normalized spacial score (nSPS) is 24.0. The van der Waals surface area contributed by atoms with E-state index in [-0.39, 0.29) is 36.6 Å². The molecule has 3 amide bonds. The minimum atomic E-state index is -1.22. The number of amides is 3. The number of carbonyl (C=O) groups is 3. The lowest BCUT2D eigenvalue weighted by atomic mass is 9.75. The Kier molecular flexibility index (Phi) is 6.77. The van der Waals surface area contributed by atoms with Gasteiger partial charge >= 0.3 is 0 Å². The van der Waals surface area contributed by atoms with Crippen LogP contribution < -0.4 is 4.74 Å². The maximum Gasteiger partial charge on any atom is 0.240 e. The molecule has 0 N–H and O–H groups in total. The number of rotatable bonds is 8. The van der Waals surface area contributed by atoms with Gasteiger partial charge in [-0.15, -0.1) is 0 Å². The molecule has 2 aliphatic rings. The second kappa shape index (κ2) is 9.14. The molecule has 2 saturated heterocycles. The molecule has 1 aromatic carbocycles. The zero-order valence-electron chi connectivity index (χ0n) is 18.2. The van der Waals surface area contributed by atoms with Crippen LogP contribution in [-0.4, -0.2) is 93.0 Å². The molecule has 3 rings (SSSR count). The summed E-state index contributed by atoms with van der Waals surface area (Å²) in [5.74, 6) is -0.135. The van der Waals surface area contributed by atoms with Gasteiger partial charge in [-0.1, -0.05) is 12.1 Å². The molecule has 164 valence electrons. The third kappa shape index (κ3) is 4.34. The number of hydrogen-bond donors (Lipinski definition) is 0. The van der Waals surface area contributed by atoms with E-state index < -0.39 is 5.41 Å². The first-order chi connectivity index (χ1) is 14.3. The first-order valence-electron chi connectivity index (χ1n) is 10.3. The monoisotopic (exact) mass is 417 g/mol. The number of carbonyl (C=O) groups excluding carboxylic acids is 3. The first kappa shape index (κ1) is 22.2. The van der Waals surface area contributed by atoms with Crippen molar-refractivity contribution in [2.45, 2.75) is 30.7 Å². The standard InChI is InChI=1S/C22H31N3O5/c1-23(2)9-10-25-20(27)14-22(21(25)28,16-6-5-7-18(12-16)29-4)13-19(26)24(3)17-8-11-30-15-17/h5-7,12,17H,8-11,13-15H2,1-4H3. The van der Waals surface area contributed by atoms with Crippen molar-refractivity contribution in [2.75, 3.05) is 54.6 Å². The van der Waals surface area contributed by atoms with Gasteiger partial charge in [0.15, 0.2) is 0 Å². The lowest BCUT2D eigenvalue weighted by molar-refractivity contribution is -0.143. The summed E-state index contributed by atoms with van der Waals surface area (Å²) in [5, 5.41) is 0. The number of methoxy groups -OCH3 is 1. The molecule has 2 unspecified atom stereocenters. The molecule has 2 fully saturated rings. The second-order valence-electron chi connectivity index (χ2n) is 8.34. The molecule has 2 heterocycles. The molecule has 2 aliphatic heterocycles. The van der Waals surface area contributed by atoms with Crippen LogP contribution in [0.5, 0.6) is 5.75 Å². The topological polar surface area (TPSA) is 79.4 Å². The van der Waals surface area contributed by atoms with Crippen molar-refractivity contribution in [3.05, 3.63) is 29.8 Å². The summed E-state index contributed by atoms with van der Waals surface area (Å²) in [6.45, 7) is 1.99.